The van der Waals surface area contributed by atoms with Crippen LogP contribution in [0.2, 0.25) is 5.02 Å². The number of carboxylic acids is 1. The van der Waals surface area contributed by atoms with E-state index >= 15 is 0 Å². The molecule has 0 fully saturated rings. The average Bonchev–Trinajstić information content (AvgIpc) is 2.50. The van der Waals surface area contributed by atoms with Crippen LogP contribution < -0.4 is 9.47 Å². The number of carboxylic acid groups (broad SMARTS) is 1. The second kappa shape index (κ2) is 8.60. The van der Waals surface area contributed by atoms with Crippen molar-refractivity contribution in [3.8, 4) is 11.5 Å². The highest BCUT2D eigenvalue weighted by molar-refractivity contribution is 6.30. The molecule has 0 radical (unpaired) electrons. The molecule has 5 heteroatoms. The minimum absolute atomic E-state index is 0.0375. The SMILES string of the molecule is Cc1cc(C)cc(OCCOc2ccc(Cl)cc2CCC(=O)O)c1. The first-order valence-electron chi connectivity index (χ1n) is 7.78. The standard InChI is InChI=1S/C19H21ClO4/c1-13-9-14(2)11-17(10-13)23-7-8-24-18-5-4-16(20)12-15(18)3-6-19(21)22/h4-5,9-12H,3,6-8H2,1-2H3,(H,21,22). The number of benzene rings is 2. The maximum Gasteiger partial charge on any atom is 0.303 e. The maximum atomic E-state index is 10.7. The number of hydrogen-bond acceptors (Lipinski definition) is 3. The topological polar surface area (TPSA) is 55.8 Å². The Bertz CT molecular complexity index is 692. The number of aliphatic carboxylic acids is 1. The Morgan fingerprint density at radius 2 is 1.71 bits per heavy atom. The molecule has 1 N–H and O–H groups in total. The summed E-state index contributed by atoms with van der Waals surface area (Å²) in [5.74, 6) is 0.613. The van der Waals surface area contributed by atoms with Crippen LogP contribution in [0.4, 0.5) is 0 Å². The third-order valence-corrected chi connectivity index (χ3v) is 3.67. The summed E-state index contributed by atoms with van der Waals surface area (Å²) in [6.07, 6.45) is 0.416. The zero-order valence-corrected chi connectivity index (χ0v) is 14.6. The van der Waals surface area contributed by atoms with Crippen LogP contribution in [0.3, 0.4) is 0 Å². The molecular weight excluding hydrogens is 328 g/mol. The van der Waals surface area contributed by atoms with Gasteiger partial charge in [-0.25, -0.2) is 0 Å². The van der Waals surface area contributed by atoms with Crippen molar-refractivity contribution in [1.82, 2.24) is 0 Å². The predicted octanol–water partition coefficient (Wildman–Crippen LogP) is 4.43. The summed E-state index contributed by atoms with van der Waals surface area (Å²) in [6.45, 7) is 4.83. The molecule has 0 atom stereocenters. The maximum absolute atomic E-state index is 10.7. The van der Waals surface area contributed by atoms with Crippen LogP contribution in [0.15, 0.2) is 36.4 Å². The molecule has 2 rings (SSSR count). The van der Waals surface area contributed by atoms with Gasteiger partial charge in [-0.05, 0) is 67.3 Å². The number of aryl methyl sites for hydroxylation is 3. The van der Waals surface area contributed by atoms with E-state index < -0.39 is 5.97 Å². The van der Waals surface area contributed by atoms with E-state index in [4.69, 9.17) is 26.2 Å². The molecule has 0 bridgehead atoms. The van der Waals surface area contributed by atoms with Gasteiger partial charge in [0.2, 0.25) is 0 Å². The second-order valence-electron chi connectivity index (χ2n) is 5.67. The van der Waals surface area contributed by atoms with Gasteiger partial charge in [0.1, 0.15) is 24.7 Å². The molecule has 0 aliphatic carbocycles. The van der Waals surface area contributed by atoms with Gasteiger partial charge in [-0.2, -0.15) is 0 Å². The van der Waals surface area contributed by atoms with Crippen LogP contribution in [-0.2, 0) is 11.2 Å². The zero-order valence-electron chi connectivity index (χ0n) is 13.8. The number of halogens is 1. The Balaban J connectivity index is 1.90. The van der Waals surface area contributed by atoms with Crippen molar-refractivity contribution in [3.05, 3.63) is 58.1 Å². The molecule has 0 aromatic heterocycles. The Morgan fingerprint density at radius 1 is 1.04 bits per heavy atom. The average molecular weight is 349 g/mol. The summed E-state index contributed by atoms with van der Waals surface area (Å²) < 4.78 is 11.4. The van der Waals surface area contributed by atoms with E-state index in [2.05, 4.69) is 6.07 Å². The van der Waals surface area contributed by atoms with Crippen LogP contribution in [0.25, 0.3) is 0 Å². The quantitative estimate of drug-likeness (QED) is 0.717. The molecule has 0 heterocycles. The lowest BCUT2D eigenvalue weighted by molar-refractivity contribution is -0.136. The molecule has 24 heavy (non-hydrogen) atoms. The minimum Gasteiger partial charge on any atom is -0.490 e. The number of carbonyl (C=O) groups is 1. The van der Waals surface area contributed by atoms with E-state index in [0.29, 0.717) is 30.4 Å². The third-order valence-electron chi connectivity index (χ3n) is 3.44. The molecule has 0 unspecified atom stereocenters. The van der Waals surface area contributed by atoms with Crippen molar-refractivity contribution in [2.75, 3.05) is 13.2 Å². The predicted molar refractivity (Wildman–Crippen MR) is 94.3 cm³/mol. The smallest absolute Gasteiger partial charge is 0.303 e. The fourth-order valence-electron chi connectivity index (χ4n) is 2.45. The van der Waals surface area contributed by atoms with Crippen LogP contribution >= 0.6 is 11.6 Å². The largest absolute Gasteiger partial charge is 0.490 e. The molecule has 128 valence electrons. The normalized spacial score (nSPS) is 10.5. The Morgan fingerprint density at radius 3 is 2.38 bits per heavy atom. The van der Waals surface area contributed by atoms with E-state index in [0.717, 1.165) is 22.4 Å². The van der Waals surface area contributed by atoms with Gasteiger partial charge in [-0.3, -0.25) is 4.79 Å². The first-order valence-corrected chi connectivity index (χ1v) is 8.16. The van der Waals surface area contributed by atoms with Crippen molar-refractivity contribution in [2.24, 2.45) is 0 Å². The van der Waals surface area contributed by atoms with Gasteiger partial charge in [0.25, 0.3) is 0 Å². The first kappa shape index (κ1) is 18.1. The van der Waals surface area contributed by atoms with Crippen molar-refractivity contribution in [1.29, 1.82) is 0 Å². The molecule has 4 nitrogen and oxygen atoms in total. The van der Waals surface area contributed by atoms with Gasteiger partial charge in [0, 0.05) is 11.4 Å². The van der Waals surface area contributed by atoms with Crippen LogP contribution in [0.5, 0.6) is 11.5 Å². The Hall–Kier alpha value is -2.20. The Kier molecular flexibility index (Phi) is 6.50. The molecule has 0 spiro atoms. The summed E-state index contributed by atoms with van der Waals surface area (Å²) >= 11 is 5.98. The second-order valence-corrected chi connectivity index (χ2v) is 6.10. The minimum atomic E-state index is -0.848. The summed E-state index contributed by atoms with van der Waals surface area (Å²) in [5.41, 5.74) is 3.09. The van der Waals surface area contributed by atoms with E-state index in [9.17, 15) is 4.79 Å². The Labute approximate surface area is 147 Å². The highest BCUT2D eigenvalue weighted by atomic mass is 35.5. The summed E-state index contributed by atoms with van der Waals surface area (Å²) in [5, 5.41) is 9.39. The van der Waals surface area contributed by atoms with Gasteiger partial charge >= 0.3 is 5.97 Å². The highest BCUT2D eigenvalue weighted by Gasteiger charge is 2.08. The van der Waals surface area contributed by atoms with E-state index in [1.54, 1.807) is 18.2 Å². The lowest BCUT2D eigenvalue weighted by atomic mass is 10.1. The lowest BCUT2D eigenvalue weighted by Crippen LogP contribution is -2.10. The van der Waals surface area contributed by atoms with Gasteiger partial charge in [0.05, 0.1) is 0 Å². The third kappa shape index (κ3) is 5.78. The molecule has 0 saturated heterocycles. The molecule has 2 aromatic rings. The number of rotatable bonds is 8. The van der Waals surface area contributed by atoms with Gasteiger partial charge < -0.3 is 14.6 Å². The first-order chi connectivity index (χ1) is 11.4. The highest BCUT2D eigenvalue weighted by Crippen LogP contribution is 2.24. The molecule has 0 amide bonds. The number of ether oxygens (including phenoxy) is 2. The van der Waals surface area contributed by atoms with Gasteiger partial charge in [-0.15, -0.1) is 0 Å². The molecule has 0 aliphatic rings. The van der Waals surface area contributed by atoms with Gasteiger partial charge in [-0.1, -0.05) is 17.7 Å². The molecular formula is C19H21ClO4. The monoisotopic (exact) mass is 348 g/mol. The summed E-state index contributed by atoms with van der Waals surface area (Å²) in [7, 11) is 0. The number of hydrogen-bond donors (Lipinski definition) is 1. The van der Waals surface area contributed by atoms with Gasteiger partial charge in [0.15, 0.2) is 0 Å². The van der Waals surface area contributed by atoms with Crippen molar-refractivity contribution < 1.29 is 19.4 Å². The summed E-state index contributed by atoms with van der Waals surface area (Å²) in [4.78, 5) is 10.7. The van der Waals surface area contributed by atoms with Crippen LogP contribution in [0.1, 0.15) is 23.1 Å². The molecule has 2 aromatic carbocycles. The molecule has 0 saturated carbocycles. The zero-order chi connectivity index (χ0) is 17.5. The van der Waals surface area contributed by atoms with Crippen molar-refractivity contribution in [3.63, 3.8) is 0 Å². The van der Waals surface area contributed by atoms with E-state index in [1.807, 2.05) is 26.0 Å². The molecule has 0 aliphatic heterocycles. The fourth-order valence-corrected chi connectivity index (χ4v) is 2.65. The summed E-state index contributed by atoms with van der Waals surface area (Å²) in [6, 6.07) is 11.3. The van der Waals surface area contributed by atoms with Crippen LogP contribution in [-0.4, -0.2) is 24.3 Å². The lowest BCUT2D eigenvalue weighted by Gasteiger charge is -2.13. The van der Waals surface area contributed by atoms with Crippen LogP contribution in [0, 0.1) is 13.8 Å². The fraction of sp³-hybridized carbons (Fsp3) is 0.316. The van der Waals surface area contributed by atoms with Crippen molar-refractivity contribution in [2.45, 2.75) is 26.7 Å². The van der Waals surface area contributed by atoms with E-state index in [-0.39, 0.29) is 6.42 Å². The van der Waals surface area contributed by atoms with Crippen molar-refractivity contribution >= 4 is 17.6 Å². The van der Waals surface area contributed by atoms with E-state index in [1.165, 1.54) is 0 Å².